The summed E-state index contributed by atoms with van der Waals surface area (Å²) in [7, 11) is 2.23. The van der Waals surface area contributed by atoms with Gasteiger partial charge in [-0.25, -0.2) is 0 Å². The van der Waals surface area contributed by atoms with Crippen LogP contribution in [0.1, 0.15) is 48.5 Å². The summed E-state index contributed by atoms with van der Waals surface area (Å²) in [5, 5.41) is 0. The molecule has 0 spiro atoms. The van der Waals surface area contributed by atoms with Crippen LogP contribution in [-0.4, -0.2) is 44.5 Å². The summed E-state index contributed by atoms with van der Waals surface area (Å²) in [4.78, 5) is 0. The van der Waals surface area contributed by atoms with Crippen molar-refractivity contribution in [2.45, 2.75) is 77.7 Å². The van der Waals surface area contributed by atoms with E-state index in [2.05, 4.69) is 56.3 Å². The van der Waals surface area contributed by atoms with E-state index in [0.717, 1.165) is 6.61 Å². The molecule has 0 unspecified atom stereocenters. The van der Waals surface area contributed by atoms with Crippen LogP contribution in [0.4, 0.5) is 0 Å². The lowest BCUT2D eigenvalue weighted by Gasteiger charge is -2.43. The van der Waals surface area contributed by atoms with Gasteiger partial charge < -0.3 is 14.2 Å². The van der Waals surface area contributed by atoms with Gasteiger partial charge in [0.2, 0.25) is 0 Å². The van der Waals surface area contributed by atoms with Gasteiger partial charge >= 0.3 is 0 Å². The summed E-state index contributed by atoms with van der Waals surface area (Å²) in [5.41, 5.74) is -0.290. The van der Waals surface area contributed by atoms with E-state index in [4.69, 9.17) is 14.2 Å². The summed E-state index contributed by atoms with van der Waals surface area (Å²) in [6.45, 7) is 16.2. The standard InChI is InChI=1S/C15H31BO3/c1-10-11(16)8-17-12(9-18-14(2,3)4)13(10)19-15(5,6)7/h10-13H,8-9,16H2,1-7H3/t10-,11+,12+,13-/m0/s1. The molecule has 112 valence electrons. The van der Waals surface area contributed by atoms with E-state index in [1.165, 1.54) is 0 Å². The van der Waals surface area contributed by atoms with Gasteiger partial charge in [0.1, 0.15) is 14.0 Å². The molecule has 0 aromatic rings. The van der Waals surface area contributed by atoms with Gasteiger partial charge in [-0.15, -0.1) is 0 Å². The van der Waals surface area contributed by atoms with Crippen molar-refractivity contribution in [3.63, 3.8) is 0 Å². The molecule has 1 rings (SSSR count). The van der Waals surface area contributed by atoms with Crippen molar-refractivity contribution in [1.29, 1.82) is 0 Å². The Bertz CT molecular complexity index is 280. The Morgan fingerprint density at radius 3 is 2.16 bits per heavy atom. The van der Waals surface area contributed by atoms with Crippen LogP contribution in [0.3, 0.4) is 0 Å². The molecule has 4 heteroatoms. The number of rotatable bonds is 3. The van der Waals surface area contributed by atoms with Crippen molar-refractivity contribution in [3.05, 3.63) is 0 Å². The first-order valence-corrected chi connectivity index (χ1v) is 7.43. The third-order valence-corrected chi connectivity index (χ3v) is 3.53. The molecule has 1 heterocycles. The molecule has 4 atom stereocenters. The summed E-state index contributed by atoms with van der Waals surface area (Å²) in [6.07, 6.45) is 0.135. The van der Waals surface area contributed by atoms with E-state index in [1.807, 2.05) is 0 Å². The number of ether oxygens (including phenoxy) is 3. The summed E-state index contributed by atoms with van der Waals surface area (Å²) < 4.78 is 18.1. The van der Waals surface area contributed by atoms with E-state index in [-0.39, 0.29) is 23.4 Å². The van der Waals surface area contributed by atoms with Crippen LogP contribution < -0.4 is 0 Å². The van der Waals surface area contributed by atoms with Gasteiger partial charge in [0.15, 0.2) is 0 Å². The molecule has 1 fully saturated rings. The Morgan fingerprint density at radius 2 is 1.68 bits per heavy atom. The molecule has 0 aromatic heterocycles. The van der Waals surface area contributed by atoms with Crippen molar-refractivity contribution in [3.8, 4) is 0 Å². The van der Waals surface area contributed by atoms with Gasteiger partial charge in [-0.2, -0.15) is 0 Å². The normalized spacial score (nSPS) is 33.4. The van der Waals surface area contributed by atoms with E-state index in [0.29, 0.717) is 18.3 Å². The Balaban J connectivity index is 2.70. The largest absolute Gasteiger partial charge is 0.374 e. The first-order chi connectivity index (χ1) is 8.49. The van der Waals surface area contributed by atoms with E-state index in [1.54, 1.807) is 0 Å². The molecular formula is C15H31BO3. The molecule has 0 bridgehead atoms. The second-order valence-corrected chi connectivity index (χ2v) is 7.83. The fourth-order valence-corrected chi connectivity index (χ4v) is 2.25. The van der Waals surface area contributed by atoms with Crippen LogP contribution in [0.25, 0.3) is 0 Å². The van der Waals surface area contributed by atoms with Gasteiger partial charge in [0.05, 0.1) is 23.9 Å². The Morgan fingerprint density at radius 1 is 1.11 bits per heavy atom. The third-order valence-electron chi connectivity index (χ3n) is 3.53. The van der Waals surface area contributed by atoms with Crippen LogP contribution in [0, 0.1) is 5.92 Å². The first-order valence-electron chi connectivity index (χ1n) is 7.43. The molecule has 1 aliphatic heterocycles. The third kappa shape index (κ3) is 5.84. The molecule has 0 N–H and O–H groups in total. The average molecular weight is 270 g/mol. The lowest BCUT2D eigenvalue weighted by Crippen LogP contribution is -2.50. The lowest BCUT2D eigenvalue weighted by atomic mass is 9.72. The maximum atomic E-state index is 6.23. The summed E-state index contributed by atoms with van der Waals surface area (Å²) >= 11 is 0. The number of hydrogen-bond donors (Lipinski definition) is 0. The van der Waals surface area contributed by atoms with Crippen molar-refractivity contribution < 1.29 is 14.2 Å². The highest BCUT2D eigenvalue weighted by molar-refractivity contribution is 6.12. The zero-order valence-electron chi connectivity index (χ0n) is 13.9. The minimum absolute atomic E-state index is 0.0321. The average Bonchev–Trinajstić information content (AvgIpc) is 2.21. The smallest absolute Gasteiger partial charge is 0.108 e. The molecular weight excluding hydrogens is 239 g/mol. The quantitative estimate of drug-likeness (QED) is 0.737. The highest BCUT2D eigenvalue weighted by atomic mass is 16.6. The zero-order chi connectivity index (χ0) is 14.8. The van der Waals surface area contributed by atoms with Gasteiger partial charge in [-0.3, -0.25) is 0 Å². The Hall–Kier alpha value is -0.0551. The van der Waals surface area contributed by atoms with E-state index < -0.39 is 0 Å². The molecule has 0 aromatic carbocycles. The summed E-state index contributed by atoms with van der Waals surface area (Å²) in [6, 6.07) is 0. The highest BCUT2D eigenvalue weighted by Crippen LogP contribution is 2.33. The maximum Gasteiger partial charge on any atom is 0.108 e. The van der Waals surface area contributed by atoms with E-state index in [9.17, 15) is 0 Å². The van der Waals surface area contributed by atoms with Crippen molar-refractivity contribution in [2.75, 3.05) is 13.2 Å². The van der Waals surface area contributed by atoms with Crippen LogP contribution in [0.15, 0.2) is 0 Å². The van der Waals surface area contributed by atoms with Crippen LogP contribution in [-0.2, 0) is 14.2 Å². The van der Waals surface area contributed by atoms with Crippen LogP contribution in [0.5, 0.6) is 0 Å². The van der Waals surface area contributed by atoms with Crippen molar-refractivity contribution in [2.24, 2.45) is 5.92 Å². The van der Waals surface area contributed by atoms with Crippen molar-refractivity contribution >= 4 is 7.85 Å². The summed E-state index contributed by atoms with van der Waals surface area (Å²) in [5.74, 6) is 1.01. The molecule has 0 radical (unpaired) electrons. The van der Waals surface area contributed by atoms with Gasteiger partial charge in [-0.1, -0.05) is 6.92 Å². The zero-order valence-corrected chi connectivity index (χ0v) is 13.9. The monoisotopic (exact) mass is 270 g/mol. The Labute approximate surface area is 119 Å². The molecule has 0 aliphatic carbocycles. The molecule has 3 nitrogen and oxygen atoms in total. The fourth-order valence-electron chi connectivity index (χ4n) is 2.25. The Kier molecular flexibility index (Phi) is 5.50. The topological polar surface area (TPSA) is 27.7 Å². The second-order valence-electron chi connectivity index (χ2n) is 7.83. The second kappa shape index (κ2) is 6.15. The van der Waals surface area contributed by atoms with Gasteiger partial charge in [0, 0.05) is 6.61 Å². The van der Waals surface area contributed by atoms with Crippen LogP contribution in [0.2, 0.25) is 5.82 Å². The molecule has 19 heavy (non-hydrogen) atoms. The first kappa shape index (κ1) is 17.0. The predicted molar refractivity (Wildman–Crippen MR) is 81.5 cm³/mol. The lowest BCUT2D eigenvalue weighted by molar-refractivity contribution is -0.196. The van der Waals surface area contributed by atoms with E-state index >= 15 is 0 Å². The SMILES string of the molecule is B[C@@H]1CO[C@H](COC(C)(C)C)[C@@H](OC(C)(C)C)[C@H]1C. The van der Waals surface area contributed by atoms with Crippen molar-refractivity contribution in [1.82, 2.24) is 0 Å². The molecule has 1 aliphatic rings. The predicted octanol–water partition coefficient (Wildman–Crippen LogP) is 2.44. The number of hydrogen-bond acceptors (Lipinski definition) is 3. The fraction of sp³-hybridized carbons (Fsp3) is 1.00. The van der Waals surface area contributed by atoms with Gasteiger partial charge in [0.25, 0.3) is 0 Å². The highest BCUT2D eigenvalue weighted by Gasteiger charge is 2.39. The minimum atomic E-state index is -0.153. The van der Waals surface area contributed by atoms with Gasteiger partial charge in [-0.05, 0) is 53.3 Å². The van der Waals surface area contributed by atoms with Crippen LogP contribution >= 0.6 is 0 Å². The minimum Gasteiger partial charge on any atom is -0.374 e. The maximum absolute atomic E-state index is 6.23. The molecule has 1 saturated heterocycles. The molecule has 0 saturated carbocycles. The molecule has 0 amide bonds.